The fourth-order valence-corrected chi connectivity index (χ4v) is 2.77. The molecule has 0 saturated carbocycles. The number of aliphatic carboxylic acids is 1. The number of nitrogens with one attached hydrogen (secondary N) is 1. The summed E-state index contributed by atoms with van der Waals surface area (Å²) in [6, 6.07) is 5.59. The van der Waals surface area contributed by atoms with Crippen molar-refractivity contribution in [3.05, 3.63) is 36.0 Å². The molecule has 0 bridgehead atoms. The quantitative estimate of drug-likeness (QED) is 0.171. The fraction of sp³-hybridized carbons (Fsp3) is 0.286. The molecule has 0 fully saturated rings. The monoisotopic (exact) mass is 444 g/mol. The zero-order valence-electron chi connectivity index (χ0n) is 13.7. The Morgan fingerprint density at radius 3 is 2.44 bits per heavy atom. The standard InChI is InChI=1S/C14H13BrClNO7.Na/c15-13(23,11(20)21)14(16,24)12(22,10(19)6-18)9-5-7-3-1-2-4-8(7)17-9;/h1-6,10,17,19,22-24H,(H,20,21);/q;+1/p-1/t10-,12+,13+,14-;/m0./s1/i5D;. The Hall–Kier alpha value is -0.490. The predicted octanol–water partition coefficient (Wildman–Crippen LogP) is -4.32. The van der Waals surface area contributed by atoms with Gasteiger partial charge in [-0.05, 0) is 33.4 Å². The molecular weight excluding hydrogens is 433 g/mol. The average molecular weight is 446 g/mol. The summed E-state index contributed by atoms with van der Waals surface area (Å²) >= 11 is 7.92. The first kappa shape index (κ1) is 20.8. The van der Waals surface area contributed by atoms with Crippen LogP contribution in [0.25, 0.3) is 10.9 Å². The molecule has 0 spiro atoms. The number of carboxylic acid groups (broad SMARTS) is 1. The molecule has 25 heavy (non-hydrogen) atoms. The molecule has 4 atom stereocenters. The number of H-pyrrole nitrogens is 1. The van der Waals surface area contributed by atoms with E-state index in [4.69, 9.17) is 13.0 Å². The van der Waals surface area contributed by atoms with Crippen molar-refractivity contribution < 1.29 is 66.0 Å². The Balaban J connectivity index is 0.00000338. The molecule has 8 nitrogen and oxygen atoms in total. The first-order chi connectivity index (χ1) is 11.4. The predicted molar refractivity (Wildman–Crippen MR) is 84.0 cm³/mol. The zero-order chi connectivity index (χ0) is 19.2. The number of hydrogen-bond donors (Lipinski definition) is 5. The second kappa shape index (κ2) is 7.63. The van der Waals surface area contributed by atoms with Crippen LogP contribution in [0.1, 0.15) is 7.06 Å². The summed E-state index contributed by atoms with van der Waals surface area (Å²) in [5.74, 6) is -2.36. The van der Waals surface area contributed by atoms with E-state index in [1.165, 1.54) is 12.1 Å². The summed E-state index contributed by atoms with van der Waals surface area (Å²) in [6.45, 7) is 0. The topological polar surface area (TPSA) is 154 Å². The van der Waals surface area contributed by atoms with Gasteiger partial charge in [0, 0.05) is 5.52 Å². The van der Waals surface area contributed by atoms with Crippen LogP contribution in [0.2, 0.25) is 0 Å². The summed E-state index contributed by atoms with van der Waals surface area (Å²) in [5.41, 5.74) is -3.76. The van der Waals surface area contributed by atoms with Crippen molar-refractivity contribution in [2.45, 2.75) is 21.3 Å². The van der Waals surface area contributed by atoms with Crippen molar-refractivity contribution in [2.75, 3.05) is 0 Å². The summed E-state index contributed by atoms with van der Waals surface area (Å²) < 4.78 is 4.59. The van der Waals surface area contributed by atoms with Crippen molar-refractivity contribution in [2.24, 2.45) is 0 Å². The zero-order valence-corrected chi connectivity index (χ0v) is 17.1. The molecule has 1 aromatic heterocycles. The maximum atomic E-state index is 11.1. The third kappa shape index (κ3) is 3.41. The van der Waals surface area contributed by atoms with Crippen LogP contribution in [0.5, 0.6) is 0 Å². The smallest absolute Gasteiger partial charge is 0.546 e. The van der Waals surface area contributed by atoms with Gasteiger partial charge in [-0.1, -0.05) is 29.8 Å². The third-order valence-electron chi connectivity index (χ3n) is 3.60. The number of hydrogen-bond acceptors (Lipinski definition) is 7. The second-order valence-corrected chi connectivity index (χ2v) is 6.74. The number of rotatable bonds is 6. The number of aliphatic hydroxyl groups is 4. The number of carbonyl (C=O) groups excluding carboxylic acids is 2. The Bertz CT molecular complexity index is 846. The maximum Gasteiger partial charge on any atom is 1.00 e. The Labute approximate surface area is 178 Å². The number of benzene rings is 1. The van der Waals surface area contributed by atoms with Gasteiger partial charge in [0.2, 0.25) is 9.57 Å². The van der Waals surface area contributed by atoms with Gasteiger partial charge in [-0.15, -0.1) is 0 Å². The number of aromatic amines is 1. The van der Waals surface area contributed by atoms with Crippen molar-refractivity contribution in [1.82, 2.24) is 4.98 Å². The second-order valence-electron chi connectivity index (χ2n) is 5.05. The average Bonchev–Trinajstić information content (AvgIpc) is 2.90. The van der Waals surface area contributed by atoms with E-state index in [-0.39, 0.29) is 46.7 Å². The number of aromatic nitrogens is 1. The van der Waals surface area contributed by atoms with Crippen LogP contribution in [-0.2, 0) is 15.2 Å². The molecule has 0 radical (unpaired) electrons. The van der Waals surface area contributed by atoms with Gasteiger partial charge in [-0.25, -0.2) is 0 Å². The number of aldehydes is 1. The molecule has 0 aliphatic rings. The van der Waals surface area contributed by atoms with E-state index in [2.05, 4.69) is 20.9 Å². The van der Waals surface area contributed by atoms with Gasteiger partial charge in [0.25, 0.3) is 0 Å². The first-order valence-corrected chi connectivity index (χ1v) is 7.57. The number of fused-ring (bicyclic) bond motifs is 1. The molecule has 5 N–H and O–H groups in total. The minimum atomic E-state index is -3.63. The molecule has 0 aliphatic carbocycles. The van der Waals surface area contributed by atoms with Crippen LogP contribution in [0.4, 0.5) is 0 Å². The van der Waals surface area contributed by atoms with Gasteiger partial charge in [-0.3, -0.25) is 0 Å². The Kier molecular flexibility index (Phi) is 6.35. The normalized spacial score (nSPS) is 20.3. The molecule has 1 heterocycles. The molecule has 1 aromatic carbocycles. The van der Waals surface area contributed by atoms with Crippen molar-refractivity contribution in [1.29, 1.82) is 0 Å². The van der Waals surface area contributed by atoms with Gasteiger partial charge in [0.1, 0.15) is 6.10 Å². The number of halogens is 2. The molecule has 11 heteroatoms. The summed E-state index contributed by atoms with van der Waals surface area (Å²) in [5, 5.41) is 48.9. The van der Waals surface area contributed by atoms with Crippen molar-refractivity contribution in [3.63, 3.8) is 0 Å². The van der Waals surface area contributed by atoms with Crippen LogP contribution in [0, 0.1) is 0 Å². The van der Waals surface area contributed by atoms with E-state index in [0.717, 1.165) is 0 Å². The van der Waals surface area contributed by atoms with E-state index in [1.54, 1.807) is 12.1 Å². The largest absolute Gasteiger partial charge is 1.00 e. The molecule has 2 rings (SSSR count). The van der Waals surface area contributed by atoms with Gasteiger partial charge in [0.05, 0.1) is 13.0 Å². The van der Waals surface area contributed by atoms with E-state index < -0.39 is 39.0 Å². The van der Waals surface area contributed by atoms with E-state index in [9.17, 15) is 35.1 Å². The Morgan fingerprint density at radius 2 is 1.96 bits per heavy atom. The summed E-state index contributed by atoms with van der Waals surface area (Å²) in [7, 11) is 0. The molecule has 130 valence electrons. The minimum absolute atomic E-state index is 0. The van der Waals surface area contributed by atoms with Crippen molar-refractivity contribution >= 4 is 50.7 Å². The SMILES string of the molecule is [2H]c1c([C@@](O)([C@@H](O)C=O)[C@@](O)(Cl)[C@@](O)(Br)C(=O)[O-])[nH]c2ccccc12.[Na+]. The van der Waals surface area contributed by atoms with Crippen LogP contribution in [0.15, 0.2) is 30.3 Å². The van der Waals surface area contributed by atoms with Gasteiger partial charge in [-0.2, -0.15) is 0 Å². The number of carboxylic acids is 1. The first-order valence-electron chi connectivity index (χ1n) is 6.90. The van der Waals surface area contributed by atoms with Crippen LogP contribution < -0.4 is 34.7 Å². The number of carbonyl (C=O) groups is 2. The molecular formula is C14H12BrClNNaO7. The van der Waals surface area contributed by atoms with Gasteiger partial charge < -0.3 is 40.1 Å². The maximum absolute atomic E-state index is 11.1. The van der Waals surface area contributed by atoms with Crippen molar-refractivity contribution in [3.8, 4) is 0 Å². The number of aliphatic hydroxyl groups excluding tert-OH is 1. The van der Waals surface area contributed by atoms with Crippen LogP contribution in [0.3, 0.4) is 0 Å². The van der Waals surface area contributed by atoms with E-state index in [1.807, 2.05) is 0 Å². The summed E-state index contributed by atoms with van der Waals surface area (Å²) in [4.78, 5) is 24.7. The van der Waals surface area contributed by atoms with Gasteiger partial charge >= 0.3 is 29.6 Å². The van der Waals surface area contributed by atoms with Crippen LogP contribution >= 0.6 is 27.5 Å². The fourth-order valence-electron chi connectivity index (χ4n) is 2.19. The molecule has 2 aromatic rings. The van der Waals surface area contributed by atoms with Crippen LogP contribution in [-0.4, -0.2) is 53.3 Å². The van der Waals surface area contributed by atoms with E-state index >= 15 is 0 Å². The molecule has 0 unspecified atom stereocenters. The minimum Gasteiger partial charge on any atom is -0.546 e. The molecule has 0 saturated heterocycles. The molecule has 0 amide bonds. The number of alkyl halides is 2. The Morgan fingerprint density at radius 1 is 1.40 bits per heavy atom. The van der Waals surface area contributed by atoms with Gasteiger partial charge in [0.15, 0.2) is 11.9 Å². The summed E-state index contributed by atoms with van der Waals surface area (Å²) in [6.07, 6.45) is -2.76. The number of para-hydroxylation sites is 1. The van der Waals surface area contributed by atoms with E-state index in [0.29, 0.717) is 0 Å². The molecule has 0 aliphatic heterocycles. The third-order valence-corrected chi connectivity index (χ3v) is 5.29.